The number of hydrogen-bond acceptors (Lipinski definition) is 3. The fourth-order valence-electron chi connectivity index (χ4n) is 1.82. The summed E-state index contributed by atoms with van der Waals surface area (Å²) in [6, 6.07) is 13.2. The third-order valence-electron chi connectivity index (χ3n) is 2.84. The van der Waals surface area contributed by atoms with Crippen LogP contribution in [0, 0.1) is 0 Å². The predicted molar refractivity (Wildman–Crippen MR) is 91.6 cm³/mol. The molecular formula is C16H14BrClO2S. The summed E-state index contributed by atoms with van der Waals surface area (Å²) in [4.78, 5) is 13.0. The molecule has 110 valence electrons. The molecule has 0 amide bonds. The highest BCUT2D eigenvalue weighted by Crippen LogP contribution is 2.28. The highest BCUT2D eigenvalue weighted by Gasteiger charge is 2.08. The van der Waals surface area contributed by atoms with Gasteiger partial charge in [0.2, 0.25) is 0 Å². The molecule has 0 saturated carbocycles. The van der Waals surface area contributed by atoms with Crippen molar-refractivity contribution in [3.05, 3.63) is 57.5 Å². The van der Waals surface area contributed by atoms with Crippen LogP contribution in [0.2, 0.25) is 5.02 Å². The normalized spacial score (nSPS) is 10.4. The molecular weight excluding hydrogens is 372 g/mol. The molecule has 2 nitrogen and oxygen atoms in total. The molecule has 0 N–H and O–H groups in total. The predicted octanol–water partition coefficient (Wildman–Crippen LogP) is 5.02. The van der Waals surface area contributed by atoms with Crippen LogP contribution in [-0.4, -0.2) is 18.6 Å². The van der Waals surface area contributed by atoms with Gasteiger partial charge >= 0.3 is 0 Å². The van der Waals surface area contributed by atoms with E-state index in [0.29, 0.717) is 17.2 Å². The Labute approximate surface area is 142 Å². The Morgan fingerprint density at radius 1 is 1.29 bits per heavy atom. The molecule has 21 heavy (non-hydrogen) atoms. The number of benzene rings is 2. The number of carbonyl (C=O) groups excluding carboxylic acids is 1. The molecule has 0 bridgehead atoms. The van der Waals surface area contributed by atoms with E-state index in [-0.39, 0.29) is 5.78 Å². The number of halogens is 2. The lowest BCUT2D eigenvalue weighted by atomic mass is 10.1. The van der Waals surface area contributed by atoms with E-state index in [2.05, 4.69) is 15.9 Å². The van der Waals surface area contributed by atoms with Crippen molar-refractivity contribution in [2.75, 3.05) is 12.9 Å². The quantitative estimate of drug-likeness (QED) is 0.653. The Morgan fingerprint density at radius 2 is 2.05 bits per heavy atom. The van der Waals surface area contributed by atoms with Crippen LogP contribution in [0.15, 0.2) is 51.8 Å². The van der Waals surface area contributed by atoms with Gasteiger partial charge in [-0.25, -0.2) is 0 Å². The summed E-state index contributed by atoms with van der Waals surface area (Å²) < 4.78 is 6.03. The second kappa shape index (κ2) is 7.87. The number of Topliss-reactive ketones (excluding diaryl/α,β-unsaturated/α-hetero) is 1. The lowest BCUT2D eigenvalue weighted by Gasteiger charge is -2.06. The number of carbonyl (C=O) groups is 1. The zero-order chi connectivity index (χ0) is 15.2. The van der Waals surface area contributed by atoms with Crippen molar-refractivity contribution in [2.24, 2.45) is 0 Å². The summed E-state index contributed by atoms with van der Waals surface area (Å²) in [5.41, 5.74) is 0.965. The molecule has 0 atom stereocenters. The van der Waals surface area contributed by atoms with Gasteiger partial charge in [-0.15, -0.1) is 11.8 Å². The smallest absolute Gasteiger partial charge is 0.147 e. The number of ether oxygens (including phenoxy) is 1. The molecule has 0 saturated heterocycles. The molecule has 0 unspecified atom stereocenters. The van der Waals surface area contributed by atoms with Crippen LogP contribution < -0.4 is 4.74 Å². The van der Waals surface area contributed by atoms with Crippen molar-refractivity contribution >= 4 is 45.1 Å². The first-order valence-electron chi connectivity index (χ1n) is 6.31. The van der Waals surface area contributed by atoms with Gasteiger partial charge in [0.05, 0.1) is 22.4 Å². The van der Waals surface area contributed by atoms with Gasteiger partial charge in [-0.05, 0) is 45.8 Å². The fraction of sp³-hybridized carbons (Fsp3) is 0.188. The summed E-state index contributed by atoms with van der Waals surface area (Å²) in [7, 11) is 1.62. The maximum Gasteiger partial charge on any atom is 0.147 e. The van der Waals surface area contributed by atoms with Gasteiger partial charge in [0.25, 0.3) is 0 Å². The van der Waals surface area contributed by atoms with Crippen molar-refractivity contribution in [3.63, 3.8) is 0 Å². The van der Waals surface area contributed by atoms with Gasteiger partial charge in [-0.2, -0.15) is 0 Å². The summed E-state index contributed by atoms with van der Waals surface area (Å²) in [6.45, 7) is 0. The van der Waals surface area contributed by atoms with Gasteiger partial charge in [0.15, 0.2) is 0 Å². The van der Waals surface area contributed by atoms with Crippen molar-refractivity contribution in [3.8, 4) is 5.75 Å². The van der Waals surface area contributed by atoms with Crippen molar-refractivity contribution in [1.82, 2.24) is 0 Å². The molecule has 0 aliphatic heterocycles. The largest absolute Gasteiger partial charge is 0.496 e. The van der Waals surface area contributed by atoms with Crippen LogP contribution in [0.3, 0.4) is 0 Å². The number of hydrogen-bond donors (Lipinski definition) is 0. The minimum absolute atomic E-state index is 0.164. The lowest BCUT2D eigenvalue weighted by Crippen LogP contribution is -2.05. The van der Waals surface area contributed by atoms with E-state index in [9.17, 15) is 4.79 Å². The first-order valence-corrected chi connectivity index (χ1v) is 8.47. The van der Waals surface area contributed by atoms with E-state index < -0.39 is 0 Å². The third kappa shape index (κ3) is 4.77. The minimum Gasteiger partial charge on any atom is -0.496 e. The van der Waals surface area contributed by atoms with E-state index in [1.165, 1.54) is 11.8 Å². The first-order chi connectivity index (χ1) is 10.1. The average Bonchev–Trinajstić information content (AvgIpc) is 2.46. The number of rotatable bonds is 6. The average molecular weight is 386 g/mol. The summed E-state index contributed by atoms with van der Waals surface area (Å²) in [6.07, 6.45) is 0.403. The molecule has 0 radical (unpaired) electrons. The fourth-order valence-corrected chi connectivity index (χ4v) is 3.51. The van der Waals surface area contributed by atoms with Crippen LogP contribution in [0.4, 0.5) is 0 Å². The zero-order valence-electron chi connectivity index (χ0n) is 11.4. The van der Waals surface area contributed by atoms with E-state index in [1.807, 2.05) is 42.5 Å². The van der Waals surface area contributed by atoms with Crippen molar-refractivity contribution in [1.29, 1.82) is 0 Å². The SMILES string of the molecule is COc1ccc(CC(=O)CSc2ccccc2Cl)cc1Br. The molecule has 2 aromatic carbocycles. The minimum atomic E-state index is 0.164. The van der Waals surface area contributed by atoms with Crippen LogP contribution in [0.25, 0.3) is 0 Å². The third-order valence-corrected chi connectivity index (χ3v) is 5.04. The molecule has 0 fully saturated rings. The van der Waals surface area contributed by atoms with Crippen LogP contribution in [0.1, 0.15) is 5.56 Å². The van der Waals surface area contributed by atoms with Crippen molar-refractivity contribution in [2.45, 2.75) is 11.3 Å². The number of methoxy groups -OCH3 is 1. The Morgan fingerprint density at radius 3 is 2.71 bits per heavy atom. The van der Waals surface area contributed by atoms with E-state index in [4.69, 9.17) is 16.3 Å². The van der Waals surface area contributed by atoms with Gasteiger partial charge in [-0.1, -0.05) is 29.8 Å². The second-order valence-electron chi connectivity index (χ2n) is 4.40. The second-order valence-corrected chi connectivity index (χ2v) is 6.68. The molecule has 0 aromatic heterocycles. The summed E-state index contributed by atoms with van der Waals surface area (Å²) >= 11 is 11.0. The van der Waals surface area contributed by atoms with E-state index in [1.54, 1.807) is 7.11 Å². The molecule has 0 aliphatic rings. The van der Waals surface area contributed by atoms with Crippen LogP contribution >= 0.6 is 39.3 Å². The van der Waals surface area contributed by atoms with E-state index in [0.717, 1.165) is 20.7 Å². The van der Waals surface area contributed by atoms with Gasteiger partial charge in [0.1, 0.15) is 11.5 Å². The van der Waals surface area contributed by atoms with Crippen LogP contribution in [-0.2, 0) is 11.2 Å². The molecule has 0 spiro atoms. The molecule has 0 heterocycles. The zero-order valence-corrected chi connectivity index (χ0v) is 14.6. The van der Waals surface area contributed by atoms with Crippen LogP contribution in [0.5, 0.6) is 5.75 Å². The number of thioether (sulfide) groups is 1. The van der Waals surface area contributed by atoms with Crippen molar-refractivity contribution < 1.29 is 9.53 Å². The number of ketones is 1. The Bertz CT molecular complexity index is 646. The lowest BCUT2D eigenvalue weighted by molar-refractivity contribution is -0.116. The maximum atomic E-state index is 12.1. The van der Waals surface area contributed by atoms with E-state index >= 15 is 0 Å². The Balaban J connectivity index is 1.93. The highest BCUT2D eigenvalue weighted by molar-refractivity contribution is 9.10. The molecule has 5 heteroatoms. The first kappa shape index (κ1) is 16.4. The topological polar surface area (TPSA) is 26.3 Å². The maximum absolute atomic E-state index is 12.1. The van der Waals surface area contributed by atoms with Gasteiger partial charge < -0.3 is 4.74 Å². The van der Waals surface area contributed by atoms with Gasteiger partial charge in [0, 0.05) is 11.3 Å². The monoisotopic (exact) mass is 384 g/mol. The molecule has 0 aliphatic carbocycles. The molecule has 2 rings (SSSR count). The Kier molecular flexibility index (Phi) is 6.15. The summed E-state index contributed by atoms with van der Waals surface area (Å²) in [5, 5.41) is 0.683. The highest BCUT2D eigenvalue weighted by atomic mass is 79.9. The molecule has 2 aromatic rings. The van der Waals surface area contributed by atoms with Gasteiger partial charge in [-0.3, -0.25) is 4.79 Å². The summed E-state index contributed by atoms with van der Waals surface area (Å²) in [5.74, 6) is 1.33. The Hall–Kier alpha value is -0.970. The standard InChI is InChI=1S/C16H14BrClO2S/c1-20-15-7-6-11(9-13(15)17)8-12(19)10-21-16-5-3-2-4-14(16)18/h2-7,9H,8,10H2,1H3.